The third-order valence-corrected chi connectivity index (χ3v) is 7.09. The second kappa shape index (κ2) is 13.2. The van der Waals surface area contributed by atoms with Gasteiger partial charge in [0.2, 0.25) is 5.91 Å². The number of hydrogen-bond acceptors (Lipinski definition) is 6. The first kappa shape index (κ1) is 28.9. The second-order valence-electron chi connectivity index (χ2n) is 9.78. The van der Waals surface area contributed by atoms with Crippen LogP contribution in [0.15, 0.2) is 48.5 Å². The SMILES string of the molecule is C.C[C@@H](O)[C@H](NC(=O)c1ccc(C#Cc2ccc(NC(=O)CNC3C[C@@H]4CC[C@H]3C4)cc2)cc1)C(=O)NO. The van der Waals surface area contributed by atoms with E-state index in [1.54, 1.807) is 24.3 Å². The first-order valence-electron chi connectivity index (χ1n) is 12.5. The smallest absolute Gasteiger partial charge is 0.268 e. The Kier molecular flexibility index (Phi) is 10.0. The summed E-state index contributed by atoms with van der Waals surface area (Å²) in [5.74, 6) is 6.10. The fourth-order valence-electron chi connectivity index (χ4n) is 5.11. The first-order chi connectivity index (χ1) is 17.8. The molecule has 0 saturated heterocycles. The van der Waals surface area contributed by atoms with Crippen molar-refractivity contribution in [3.63, 3.8) is 0 Å². The van der Waals surface area contributed by atoms with Gasteiger partial charge in [0.1, 0.15) is 6.04 Å². The molecule has 2 saturated carbocycles. The molecule has 0 spiro atoms. The Morgan fingerprint density at radius 2 is 1.61 bits per heavy atom. The van der Waals surface area contributed by atoms with Crippen LogP contribution in [0.1, 0.15) is 61.5 Å². The number of fused-ring (bicyclic) bond motifs is 2. The third-order valence-electron chi connectivity index (χ3n) is 7.09. The summed E-state index contributed by atoms with van der Waals surface area (Å²) in [7, 11) is 0. The average Bonchev–Trinajstić information content (AvgIpc) is 3.53. The summed E-state index contributed by atoms with van der Waals surface area (Å²) in [4.78, 5) is 36.3. The van der Waals surface area contributed by atoms with E-state index in [1.165, 1.54) is 38.1 Å². The van der Waals surface area contributed by atoms with Gasteiger partial charge in [0.05, 0.1) is 12.6 Å². The molecule has 9 nitrogen and oxygen atoms in total. The molecule has 2 aromatic rings. The lowest BCUT2D eigenvalue weighted by Gasteiger charge is -2.22. The van der Waals surface area contributed by atoms with E-state index in [2.05, 4.69) is 27.8 Å². The molecule has 2 aliphatic carbocycles. The molecule has 2 aliphatic rings. The van der Waals surface area contributed by atoms with Crippen LogP contribution < -0.4 is 21.4 Å². The zero-order valence-corrected chi connectivity index (χ0v) is 20.7. The average molecular weight is 521 g/mol. The van der Waals surface area contributed by atoms with E-state index in [9.17, 15) is 19.5 Å². The van der Waals surface area contributed by atoms with Gasteiger partial charge in [0, 0.05) is 28.4 Å². The van der Waals surface area contributed by atoms with Crippen molar-refractivity contribution in [1.82, 2.24) is 16.1 Å². The second-order valence-corrected chi connectivity index (χ2v) is 9.78. The van der Waals surface area contributed by atoms with Crippen LogP contribution >= 0.6 is 0 Å². The number of benzene rings is 2. The Morgan fingerprint density at radius 1 is 0.974 bits per heavy atom. The molecule has 6 N–H and O–H groups in total. The zero-order valence-electron chi connectivity index (χ0n) is 20.7. The van der Waals surface area contributed by atoms with Crippen molar-refractivity contribution in [2.24, 2.45) is 11.8 Å². The topological polar surface area (TPSA) is 140 Å². The largest absolute Gasteiger partial charge is 0.391 e. The molecule has 9 heteroatoms. The highest BCUT2D eigenvalue weighted by Crippen LogP contribution is 2.44. The van der Waals surface area contributed by atoms with Crippen molar-refractivity contribution in [2.45, 2.75) is 58.2 Å². The number of aliphatic hydroxyl groups is 1. The van der Waals surface area contributed by atoms with Crippen LogP contribution in [0.5, 0.6) is 0 Å². The van der Waals surface area contributed by atoms with E-state index in [0.29, 0.717) is 23.8 Å². The fourth-order valence-corrected chi connectivity index (χ4v) is 5.11. The number of nitrogens with one attached hydrogen (secondary N) is 4. The number of carbonyl (C=O) groups excluding carboxylic acids is 3. The molecule has 0 aromatic heterocycles. The van der Waals surface area contributed by atoms with Crippen LogP contribution in [0, 0.1) is 23.7 Å². The Labute approximate surface area is 223 Å². The lowest BCUT2D eigenvalue weighted by atomic mass is 9.95. The zero-order chi connectivity index (χ0) is 26.4. The molecule has 2 bridgehead atoms. The minimum absolute atomic E-state index is 0. The lowest BCUT2D eigenvalue weighted by molar-refractivity contribution is -0.133. The Hall–Kier alpha value is -3.71. The number of rotatable bonds is 8. The molecular formula is C29H36N4O5. The fraction of sp³-hybridized carbons (Fsp3) is 0.414. The number of carbonyl (C=O) groups is 3. The predicted octanol–water partition coefficient (Wildman–Crippen LogP) is 2.42. The standard InChI is InChI=1S/C28H32N4O5.CH4/c1-17(33)26(28(36)32-37)31-27(35)21-9-4-18(5-10-21)2-3-19-7-12-23(13-8-19)30-25(34)16-29-24-15-20-6-11-22(24)14-20;/h4-5,7-10,12-13,17,20,22,24,26,29,33,37H,6,11,14-16H2,1H3,(H,30,34)(H,31,35)(H,32,36);1H4/t17-,20-,22+,24?,26+;/m1./s1. The quantitative estimate of drug-likeness (QED) is 0.180. The van der Waals surface area contributed by atoms with Gasteiger partial charge < -0.3 is 21.1 Å². The molecule has 4 rings (SSSR count). The molecule has 0 heterocycles. The molecule has 1 unspecified atom stereocenters. The van der Waals surface area contributed by atoms with Crippen LogP contribution in [0.25, 0.3) is 0 Å². The van der Waals surface area contributed by atoms with Gasteiger partial charge in [-0.05, 0) is 86.6 Å². The Bertz CT molecular complexity index is 1180. The maximum Gasteiger partial charge on any atom is 0.268 e. The summed E-state index contributed by atoms with van der Waals surface area (Å²) < 4.78 is 0. The molecule has 0 radical (unpaired) electrons. The highest BCUT2D eigenvalue weighted by Gasteiger charge is 2.39. The monoisotopic (exact) mass is 520 g/mol. The van der Waals surface area contributed by atoms with Gasteiger partial charge in [-0.2, -0.15) is 0 Å². The maximum absolute atomic E-state index is 12.4. The van der Waals surface area contributed by atoms with Crippen LogP contribution in [-0.2, 0) is 9.59 Å². The molecule has 2 fully saturated rings. The molecular weight excluding hydrogens is 484 g/mol. The molecule has 0 aliphatic heterocycles. The van der Waals surface area contributed by atoms with Gasteiger partial charge in [-0.25, -0.2) is 5.48 Å². The summed E-state index contributed by atoms with van der Waals surface area (Å²) in [6.45, 7) is 1.65. The van der Waals surface area contributed by atoms with Crippen molar-refractivity contribution in [2.75, 3.05) is 11.9 Å². The maximum atomic E-state index is 12.4. The van der Waals surface area contributed by atoms with E-state index in [-0.39, 0.29) is 18.9 Å². The highest BCUT2D eigenvalue weighted by molar-refractivity contribution is 5.97. The van der Waals surface area contributed by atoms with Crippen molar-refractivity contribution in [3.8, 4) is 11.8 Å². The van der Waals surface area contributed by atoms with Gasteiger partial charge in [-0.3, -0.25) is 19.6 Å². The van der Waals surface area contributed by atoms with Crippen LogP contribution in [0.2, 0.25) is 0 Å². The number of anilines is 1. The van der Waals surface area contributed by atoms with Gasteiger partial charge in [-0.1, -0.05) is 25.7 Å². The van der Waals surface area contributed by atoms with Crippen molar-refractivity contribution in [1.29, 1.82) is 0 Å². The van der Waals surface area contributed by atoms with Crippen LogP contribution in [-0.4, -0.2) is 52.8 Å². The van der Waals surface area contributed by atoms with Gasteiger partial charge in [0.15, 0.2) is 0 Å². The number of amides is 3. The number of aliphatic hydroxyl groups excluding tert-OH is 1. The van der Waals surface area contributed by atoms with Crippen molar-refractivity contribution in [3.05, 3.63) is 65.2 Å². The van der Waals surface area contributed by atoms with Crippen LogP contribution in [0.4, 0.5) is 5.69 Å². The summed E-state index contributed by atoms with van der Waals surface area (Å²) in [6, 6.07) is 12.9. The molecule has 3 amide bonds. The Morgan fingerprint density at radius 3 is 2.13 bits per heavy atom. The normalized spacial score (nSPS) is 20.8. The number of hydroxylamine groups is 1. The van der Waals surface area contributed by atoms with E-state index in [1.807, 2.05) is 24.3 Å². The van der Waals surface area contributed by atoms with E-state index in [4.69, 9.17) is 5.21 Å². The molecule has 5 atom stereocenters. The minimum Gasteiger partial charge on any atom is -0.391 e. The van der Waals surface area contributed by atoms with Crippen LogP contribution in [0.3, 0.4) is 0 Å². The van der Waals surface area contributed by atoms with Crippen molar-refractivity contribution >= 4 is 23.4 Å². The first-order valence-corrected chi connectivity index (χ1v) is 12.5. The number of hydrogen-bond donors (Lipinski definition) is 6. The molecule has 202 valence electrons. The van der Waals surface area contributed by atoms with E-state index in [0.717, 1.165) is 17.4 Å². The summed E-state index contributed by atoms with van der Waals surface area (Å²) in [6.07, 6.45) is 3.92. The molecule has 2 aromatic carbocycles. The van der Waals surface area contributed by atoms with Gasteiger partial charge >= 0.3 is 0 Å². The van der Waals surface area contributed by atoms with Gasteiger partial charge in [-0.15, -0.1) is 0 Å². The molecule has 38 heavy (non-hydrogen) atoms. The van der Waals surface area contributed by atoms with Gasteiger partial charge in [0.25, 0.3) is 11.8 Å². The van der Waals surface area contributed by atoms with E-state index >= 15 is 0 Å². The predicted molar refractivity (Wildman–Crippen MR) is 144 cm³/mol. The lowest BCUT2D eigenvalue weighted by Crippen LogP contribution is -2.51. The summed E-state index contributed by atoms with van der Waals surface area (Å²) in [5, 5.41) is 27.1. The summed E-state index contributed by atoms with van der Waals surface area (Å²) in [5.41, 5.74) is 3.87. The third kappa shape index (κ3) is 7.42. The van der Waals surface area contributed by atoms with Crippen molar-refractivity contribution < 1.29 is 24.7 Å². The highest BCUT2D eigenvalue weighted by atomic mass is 16.5. The Balaban J connectivity index is 0.00000400. The minimum atomic E-state index is -1.29. The van der Waals surface area contributed by atoms with E-state index < -0.39 is 24.0 Å². The summed E-state index contributed by atoms with van der Waals surface area (Å²) >= 11 is 0.